The number of rotatable bonds is 5. The fourth-order valence-corrected chi connectivity index (χ4v) is 3.50. The van der Waals surface area contributed by atoms with Gasteiger partial charge < -0.3 is 14.1 Å². The van der Waals surface area contributed by atoms with Crippen LogP contribution in [0.15, 0.2) is 28.7 Å². The zero-order valence-corrected chi connectivity index (χ0v) is 16.7. The van der Waals surface area contributed by atoms with Crippen molar-refractivity contribution in [1.82, 2.24) is 0 Å². The largest absolute Gasteiger partial charge is 0.465 e. The van der Waals surface area contributed by atoms with Gasteiger partial charge in [0.05, 0.1) is 18.6 Å². The van der Waals surface area contributed by atoms with Crippen LogP contribution in [-0.4, -0.2) is 37.2 Å². The molecule has 152 valence electrons. The predicted molar refractivity (Wildman–Crippen MR) is 105 cm³/mol. The normalized spacial score (nSPS) is 16.1. The van der Waals surface area contributed by atoms with E-state index in [0.29, 0.717) is 0 Å². The average molecular weight is 398 g/mol. The van der Waals surface area contributed by atoms with Crippen LogP contribution in [0.1, 0.15) is 45.4 Å². The summed E-state index contributed by atoms with van der Waals surface area (Å²) < 4.78 is 10.2. The molecule has 1 atom stereocenters. The van der Waals surface area contributed by atoms with Crippen molar-refractivity contribution in [2.24, 2.45) is 5.92 Å². The van der Waals surface area contributed by atoms with Gasteiger partial charge in [0.2, 0.25) is 17.7 Å². The zero-order chi connectivity index (χ0) is 21.3. The van der Waals surface area contributed by atoms with Gasteiger partial charge in [-0.2, -0.15) is 0 Å². The van der Waals surface area contributed by atoms with E-state index in [1.807, 2.05) is 31.2 Å². The van der Waals surface area contributed by atoms with Crippen LogP contribution in [0.25, 0.3) is 0 Å². The Morgan fingerprint density at radius 3 is 2.55 bits per heavy atom. The Kier molecular flexibility index (Phi) is 5.54. The second kappa shape index (κ2) is 7.90. The van der Waals surface area contributed by atoms with Crippen LogP contribution in [0.3, 0.4) is 0 Å². The van der Waals surface area contributed by atoms with Crippen LogP contribution in [-0.2, 0) is 14.3 Å². The first-order chi connectivity index (χ1) is 13.7. The lowest BCUT2D eigenvalue weighted by Gasteiger charge is -2.17. The van der Waals surface area contributed by atoms with Gasteiger partial charge in [0, 0.05) is 18.7 Å². The van der Waals surface area contributed by atoms with Gasteiger partial charge in [-0.05, 0) is 38.5 Å². The molecular formula is C21H22N2O6. The van der Waals surface area contributed by atoms with Crippen molar-refractivity contribution >= 4 is 35.1 Å². The molecule has 29 heavy (non-hydrogen) atoms. The summed E-state index contributed by atoms with van der Waals surface area (Å²) in [5.74, 6) is -2.37. The Bertz CT molecular complexity index is 1010. The first-order valence-electron chi connectivity index (χ1n) is 9.13. The lowest BCUT2D eigenvalue weighted by atomic mass is 10.1. The van der Waals surface area contributed by atoms with Gasteiger partial charge in [-0.1, -0.05) is 12.1 Å². The number of amides is 2. The average Bonchev–Trinajstić information content (AvgIpc) is 3.21. The number of benzene rings is 1. The minimum atomic E-state index is -0.786. The van der Waals surface area contributed by atoms with Crippen LogP contribution in [0.4, 0.5) is 11.6 Å². The topological polar surface area (TPSA) is 106 Å². The number of methoxy groups -OCH3 is 1. The second-order valence-corrected chi connectivity index (χ2v) is 7.02. The molecule has 1 unspecified atom stereocenters. The maximum Gasteiger partial charge on any atom is 0.344 e. The van der Waals surface area contributed by atoms with Gasteiger partial charge in [-0.25, -0.2) is 4.79 Å². The van der Waals surface area contributed by atoms with E-state index in [1.54, 1.807) is 4.90 Å². The highest BCUT2D eigenvalue weighted by molar-refractivity contribution is 6.11. The van der Waals surface area contributed by atoms with E-state index in [2.05, 4.69) is 5.32 Å². The smallest absolute Gasteiger partial charge is 0.344 e. The SMILES string of the molecule is COC(=O)c1c(NC(=O)C2CC(=O)N(c3cccc(C)c3)C2)oc(C)c1C(C)=O. The Morgan fingerprint density at radius 1 is 1.21 bits per heavy atom. The van der Waals surface area contributed by atoms with Crippen LogP contribution in [0.5, 0.6) is 0 Å². The fraction of sp³-hybridized carbons (Fsp3) is 0.333. The molecule has 0 spiro atoms. The van der Waals surface area contributed by atoms with E-state index in [9.17, 15) is 19.2 Å². The lowest BCUT2D eigenvalue weighted by Crippen LogP contribution is -2.28. The molecule has 1 aliphatic heterocycles. The van der Waals surface area contributed by atoms with Crippen molar-refractivity contribution in [3.05, 3.63) is 46.7 Å². The number of carbonyl (C=O) groups is 4. The molecule has 8 heteroatoms. The van der Waals surface area contributed by atoms with Gasteiger partial charge >= 0.3 is 5.97 Å². The number of aryl methyl sites for hydroxylation is 2. The first-order valence-corrected chi connectivity index (χ1v) is 9.13. The summed E-state index contributed by atoms with van der Waals surface area (Å²) in [5, 5.41) is 2.55. The number of furan rings is 1. The maximum atomic E-state index is 12.8. The molecule has 0 radical (unpaired) electrons. The first kappa shape index (κ1) is 20.3. The molecule has 0 aliphatic carbocycles. The lowest BCUT2D eigenvalue weighted by molar-refractivity contribution is -0.122. The molecule has 1 N–H and O–H groups in total. The highest BCUT2D eigenvalue weighted by Gasteiger charge is 2.37. The number of nitrogens with one attached hydrogen (secondary N) is 1. The third kappa shape index (κ3) is 3.91. The summed E-state index contributed by atoms with van der Waals surface area (Å²) in [7, 11) is 1.18. The molecule has 0 saturated carbocycles. The number of Topliss-reactive ketones (excluding diaryl/α,β-unsaturated/α-hetero) is 1. The molecule has 3 rings (SSSR count). The highest BCUT2D eigenvalue weighted by atomic mass is 16.5. The van der Waals surface area contributed by atoms with Crippen LogP contribution < -0.4 is 10.2 Å². The van der Waals surface area contributed by atoms with Crippen molar-refractivity contribution in [3.63, 3.8) is 0 Å². The Balaban J connectivity index is 1.83. The van der Waals surface area contributed by atoms with Gasteiger partial charge in [-0.15, -0.1) is 0 Å². The molecule has 2 heterocycles. The molecular weight excluding hydrogens is 376 g/mol. The van der Waals surface area contributed by atoms with Crippen molar-refractivity contribution in [2.75, 3.05) is 23.9 Å². The standard InChI is InChI=1S/C21H22N2O6/c1-11-6-5-7-15(8-11)23-10-14(9-16(23)25)19(26)22-20-18(21(27)28-4)17(12(2)24)13(3)29-20/h5-8,14H,9-10H2,1-4H3,(H,22,26). The molecule has 2 aromatic rings. The molecule has 0 bridgehead atoms. The number of hydrogen-bond acceptors (Lipinski definition) is 6. The highest BCUT2D eigenvalue weighted by Crippen LogP contribution is 2.31. The van der Waals surface area contributed by atoms with Crippen LogP contribution >= 0.6 is 0 Å². The number of hydrogen-bond donors (Lipinski definition) is 1. The summed E-state index contributed by atoms with van der Waals surface area (Å²) >= 11 is 0. The zero-order valence-electron chi connectivity index (χ0n) is 16.7. The van der Waals surface area contributed by atoms with E-state index >= 15 is 0 Å². The van der Waals surface area contributed by atoms with Gasteiger partial charge in [0.25, 0.3) is 0 Å². The molecule has 2 amide bonds. The minimum absolute atomic E-state index is 0.0343. The summed E-state index contributed by atoms with van der Waals surface area (Å²) in [6.07, 6.45) is 0.0343. The van der Waals surface area contributed by atoms with E-state index in [-0.39, 0.29) is 47.4 Å². The number of esters is 1. The molecule has 1 aromatic carbocycles. The Labute approximate surface area is 167 Å². The second-order valence-electron chi connectivity index (χ2n) is 7.02. The molecule has 1 aromatic heterocycles. The molecule has 1 fully saturated rings. The van der Waals surface area contributed by atoms with Crippen molar-refractivity contribution in [2.45, 2.75) is 27.2 Å². The molecule has 8 nitrogen and oxygen atoms in total. The maximum absolute atomic E-state index is 12.8. The van der Waals surface area contributed by atoms with Crippen LogP contribution in [0.2, 0.25) is 0 Å². The molecule has 1 aliphatic rings. The number of nitrogens with zero attached hydrogens (tertiary/aromatic N) is 1. The summed E-state index contributed by atoms with van der Waals surface area (Å²) in [4.78, 5) is 50.8. The third-order valence-electron chi connectivity index (χ3n) is 4.87. The van der Waals surface area contributed by atoms with Crippen LogP contribution in [0, 0.1) is 19.8 Å². The summed E-state index contributed by atoms with van der Waals surface area (Å²) in [5.41, 5.74) is 1.68. The van der Waals surface area contributed by atoms with Crippen molar-refractivity contribution in [3.8, 4) is 0 Å². The van der Waals surface area contributed by atoms with E-state index in [4.69, 9.17) is 9.15 Å². The number of ether oxygens (including phenoxy) is 1. The summed E-state index contributed by atoms with van der Waals surface area (Å²) in [6, 6.07) is 7.47. The van der Waals surface area contributed by atoms with Crippen molar-refractivity contribution < 1.29 is 28.3 Å². The predicted octanol–water partition coefficient (Wildman–Crippen LogP) is 2.88. The number of carbonyl (C=O) groups excluding carboxylic acids is 4. The minimum Gasteiger partial charge on any atom is -0.465 e. The number of ketones is 1. The Hall–Kier alpha value is -3.42. The fourth-order valence-electron chi connectivity index (χ4n) is 3.50. The van der Waals surface area contributed by atoms with E-state index in [1.165, 1.54) is 21.0 Å². The molecule has 1 saturated heterocycles. The van der Waals surface area contributed by atoms with Crippen molar-refractivity contribution in [1.29, 1.82) is 0 Å². The number of anilines is 2. The third-order valence-corrected chi connectivity index (χ3v) is 4.87. The van der Waals surface area contributed by atoms with Gasteiger partial charge in [0.1, 0.15) is 11.3 Å². The summed E-state index contributed by atoms with van der Waals surface area (Å²) in [6.45, 7) is 4.96. The Morgan fingerprint density at radius 2 is 1.93 bits per heavy atom. The quantitative estimate of drug-likeness (QED) is 0.613. The monoisotopic (exact) mass is 398 g/mol. The van der Waals surface area contributed by atoms with E-state index < -0.39 is 17.8 Å². The van der Waals surface area contributed by atoms with Gasteiger partial charge in [-0.3, -0.25) is 19.7 Å². The van der Waals surface area contributed by atoms with Gasteiger partial charge in [0.15, 0.2) is 5.78 Å². The van der Waals surface area contributed by atoms with E-state index in [0.717, 1.165) is 11.3 Å².